The molecule has 0 radical (unpaired) electrons. The molecular formula is C22H20FN5O3S. The van der Waals surface area contributed by atoms with Gasteiger partial charge >= 0.3 is 0 Å². The molecule has 4 rings (SSSR count). The number of halogens is 1. The summed E-state index contributed by atoms with van der Waals surface area (Å²) in [5, 5.41) is 7.79. The summed E-state index contributed by atoms with van der Waals surface area (Å²) >= 11 is 0. The Hall–Kier alpha value is -3.63. The van der Waals surface area contributed by atoms with Gasteiger partial charge in [-0.3, -0.25) is 9.78 Å². The third kappa shape index (κ3) is 4.66. The van der Waals surface area contributed by atoms with Crippen molar-refractivity contribution >= 4 is 26.8 Å². The number of hydrogen-bond donors (Lipinski definition) is 2. The van der Waals surface area contributed by atoms with E-state index >= 15 is 0 Å². The topological polar surface area (TPSA) is 106 Å². The second-order valence-electron chi connectivity index (χ2n) is 7.12. The van der Waals surface area contributed by atoms with Gasteiger partial charge in [0.15, 0.2) is 0 Å². The predicted molar refractivity (Wildman–Crippen MR) is 118 cm³/mol. The fourth-order valence-corrected chi connectivity index (χ4v) is 4.01. The Morgan fingerprint density at radius 3 is 2.38 bits per heavy atom. The lowest BCUT2D eigenvalue weighted by Crippen LogP contribution is -2.23. The zero-order valence-corrected chi connectivity index (χ0v) is 17.9. The lowest BCUT2D eigenvalue weighted by atomic mass is 10.1. The highest BCUT2D eigenvalue weighted by molar-refractivity contribution is 7.88. The summed E-state index contributed by atoms with van der Waals surface area (Å²) < 4.78 is 40.4. The van der Waals surface area contributed by atoms with E-state index in [2.05, 4.69) is 20.1 Å². The SMILES string of the molecule is CNS(=O)(=O)Cc1ccc(CNC(=O)c2cncc3c2cnn3-c2ccc(F)cc2)cc1. The second-order valence-corrected chi connectivity index (χ2v) is 9.04. The summed E-state index contributed by atoms with van der Waals surface area (Å²) in [6, 6.07) is 12.8. The van der Waals surface area contributed by atoms with E-state index in [4.69, 9.17) is 0 Å². The minimum atomic E-state index is -3.34. The van der Waals surface area contributed by atoms with Crippen molar-refractivity contribution in [3.8, 4) is 5.69 Å². The summed E-state index contributed by atoms with van der Waals surface area (Å²) in [6.07, 6.45) is 4.65. The van der Waals surface area contributed by atoms with Gasteiger partial charge in [-0.25, -0.2) is 22.2 Å². The van der Waals surface area contributed by atoms with E-state index in [0.29, 0.717) is 27.7 Å². The standard InChI is InChI=1S/C22H20FN5O3S/c1-24-32(30,31)14-16-4-2-15(3-5-16)10-26-22(29)20-11-25-13-21-19(20)12-27-28(21)18-8-6-17(23)7-9-18/h2-9,11-13,24H,10,14H2,1H3,(H,26,29). The van der Waals surface area contributed by atoms with Crippen LogP contribution in [0.25, 0.3) is 16.6 Å². The molecule has 2 heterocycles. The molecule has 0 saturated heterocycles. The van der Waals surface area contributed by atoms with Gasteiger partial charge in [-0.05, 0) is 42.4 Å². The van der Waals surface area contributed by atoms with Crippen molar-refractivity contribution in [3.63, 3.8) is 0 Å². The Balaban J connectivity index is 1.49. The highest BCUT2D eigenvalue weighted by atomic mass is 32.2. The first-order valence-corrected chi connectivity index (χ1v) is 11.4. The van der Waals surface area contributed by atoms with Gasteiger partial charge in [-0.2, -0.15) is 5.10 Å². The molecule has 0 fully saturated rings. The molecule has 2 aromatic carbocycles. The molecule has 8 nitrogen and oxygen atoms in total. The second kappa shape index (κ2) is 8.85. The molecule has 0 atom stereocenters. The van der Waals surface area contributed by atoms with Gasteiger partial charge in [-0.1, -0.05) is 24.3 Å². The molecule has 0 aliphatic carbocycles. The highest BCUT2D eigenvalue weighted by Crippen LogP contribution is 2.21. The molecule has 2 N–H and O–H groups in total. The maximum Gasteiger partial charge on any atom is 0.253 e. The van der Waals surface area contributed by atoms with Gasteiger partial charge in [0.1, 0.15) is 5.82 Å². The van der Waals surface area contributed by atoms with Crippen molar-refractivity contribution in [1.29, 1.82) is 0 Å². The Morgan fingerprint density at radius 1 is 1.00 bits per heavy atom. The van der Waals surface area contributed by atoms with Crippen molar-refractivity contribution in [2.75, 3.05) is 7.05 Å². The minimum Gasteiger partial charge on any atom is -0.348 e. The van der Waals surface area contributed by atoms with E-state index in [1.807, 2.05) is 0 Å². The van der Waals surface area contributed by atoms with Crippen LogP contribution in [0.2, 0.25) is 0 Å². The summed E-state index contributed by atoms with van der Waals surface area (Å²) in [6.45, 7) is 0.264. The number of rotatable bonds is 7. The van der Waals surface area contributed by atoms with Crippen molar-refractivity contribution in [2.24, 2.45) is 0 Å². The Morgan fingerprint density at radius 2 is 1.69 bits per heavy atom. The van der Waals surface area contributed by atoms with E-state index in [1.54, 1.807) is 53.5 Å². The van der Waals surface area contributed by atoms with Crippen LogP contribution in [0.4, 0.5) is 4.39 Å². The number of benzene rings is 2. The molecular weight excluding hydrogens is 433 g/mol. The maximum atomic E-state index is 13.2. The van der Waals surface area contributed by atoms with Crippen molar-refractivity contribution in [3.05, 3.63) is 89.6 Å². The van der Waals surface area contributed by atoms with Gasteiger partial charge in [0.05, 0.1) is 34.9 Å². The molecule has 0 aliphatic rings. The summed E-state index contributed by atoms with van der Waals surface area (Å²) in [5.74, 6) is -0.773. The molecule has 0 aliphatic heterocycles. The number of carbonyl (C=O) groups excluding carboxylic acids is 1. The van der Waals surface area contributed by atoms with E-state index in [0.717, 1.165) is 5.56 Å². The number of nitrogens with one attached hydrogen (secondary N) is 2. The highest BCUT2D eigenvalue weighted by Gasteiger charge is 2.15. The van der Waals surface area contributed by atoms with Gasteiger partial charge in [0.25, 0.3) is 5.91 Å². The van der Waals surface area contributed by atoms with Crippen molar-refractivity contribution < 1.29 is 17.6 Å². The first kappa shape index (κ1) is 21.6. The molecule has 32 heavy (non-hydrogen) atoms. The molecule has 0 bridgehead atoms. The minimum absolute atomic E-state index is 0.109. The van der Waals surface area contributed by atoms with Crippen LogP contribution >= 0.6 is 0 Å². The van der Waals surface area contributed by atoms with Crippen LogP contribution in [0.15, 0.2) is 67.1 Å². The monoisotopic (exact) mass is 453 g/mol. The number of amides is 1. The van der Waals surface area contributed by atoms with Crippen molar-refractivity contribution in [2.45, 2.75) is 12.3 Å². The van der Waals surface area contributed by atoms with Crippen molar-refractivity contribution in [1.82, 2.24) is 24.8 Å². The fraction of sp³-hybridized carbons (Fsp3) is 0.136. The predicted octanol–water partition coefficient (Wildman–Crippen LogP) is 2.54. The van der Waals surface area contributed by atoms with Crippen LogP contribution in [0.1, 0.15) is 21.5 Å². The average molecular weight is 453 g/mol. The number of fused-ring (bicyclic) bond motifs is 1. The van der Waals surface area contributed by atoms with Gasteiger partial charge in [0, 0.05) is 18.1 Å². The Kier molecular flexibility index (Phi) is 5.97. The molecule has 0 saturated carbocycles. The molecule has 164 valence electrons. The summed E-state index contributed by atoms with van der Waals surface area (Å²) in [5.41, 5.74) is 3.12. The van der Waals surface area contributed by atoms with Gasteiger partial charge in [-0.15, -0.1) is 0 Å². The zero-order valence-electron chi connectivity index (χ0n) is 17.1. The van der Waals surface area contributed by atoms with Crippen LogP contribution in [0.3, 0.4) is 0 Å². The average Bonchev–Trinajstić information content (AvgIpc) is 3.23. The third-order valence-electron chi connectivity index (χ3n) is 4.96. The molecule has 10 heteroatoms. The van der Waals surface area contributed by atoms with Crippen LogP contribution in [-0.2, 0) is 22.3 Å². The molecule has 0 spiro atoms. The molecule has 0 unspecified atom stereocenters. The number of carbonyl (C=O) groups is 1. The lowest BCUT2D eigenvalue weighted by molar-refractivity contribution is 0.0952. The lowest BCUT2D eigenvalue weighted by Gasteiger charge is -2.08. The smallest absolute Gasteiger partial charge is 0.253 e. The van der Waals surface area contributed by atoms with Gasteiger partial charge < -0.3 is 5.32 Å². The quantitative estimate of drug-likeness (QED) is 0.447. The molecule has 1 amide bonds. The largest absolute Gasteiger partial charge is 0.348 e. The van der Waals surface area contributed by atoms with Crippen LogP contribution < -0.4 is 10.0 Å². The van der Waals surface area contributed by atoms with E-state index < -0.39 is 10.0 Å². The number of hydrogen-bond acceptors (Lipinski definition) is 5. The first-order valence-electron chi connectivity index (χ1n) is 9.71. The fourth-order valence-electron chi connectivity index (χ4n) is 3.23. The Labute approximate surface area is 184 Å². The van der Waals surface area contributed by atoms with Crippen LogP contribution in [0, 0.1) is 5.82 Å². The van der Waals surface area contributed by atoms with E-state index in [9.17, 15) is 17.6 Å². The normalized spacial score (nSPS) is 11.6. The summed E-state index contributed by atoms with van der Waals surface area (Å²) in [7, 11) is -1.97. The van der Waals surface area contributed by atoms with Crippen LogP contribution in [-0.4, -0.2) is 36.1 Å². The molecule has 2 aromatic heterocycles. The number of aromatic nitrogens is 3. The van der Waals surface area contributed by atoms with E-state index in [1.165, 1.54) is 25.4 Å². The van der Waals surface area contributed by atoms with Crippen LogP contribution in [0.5, 0.6) is 0 Å². The number of nitrogens with zero attached hydrogens (tertiary/aromatic N) is 3. The molecule has 4 aromatic rings. The number of pyridine rings is 1. The zero-order chi connectivity index (χ0) is 22.7. The Bertz CT molecular complexity index is 1370. The van der Waals surface area contributed by atoms with E-state index in [-0.39, 0.29) is 24.0 Å². The maximum absolute atomic E-state index is 13.2. The number of sulfonamides is 1. The summed E-state index contributed by atoms with van der Waals surface area (Å²) in [4.78, 5) is 17.0. The third-order valence-corrected chi connectivity index (χ3v) is 6.29. The first-order chi connectivity index (χ1) is 15.4. The van der Waals surface area contributed by atoms with Gasteiger partial charge in [0.2, 0.25) is 10.0 Å².